The van der Waals surface area contributed by atoms with Gasteiger partial charge in [0.2, 0.25) is 0 Å². The van der Waals surface area contributed by atoms with Gasteiger partial charge in [-0.15, -0.1) is 0 Å². The summed E-state index contributed by atoms with van der Waals surface area (Å²) in [5.74, 6) is -0.138. The maximum Gasteiger partial charge on any atom is 0.332 e. The molecule has 0 saturated carbocycles. The summed E-state index contributed by atoms with van der Waals surface area (Å²) in [5, 5.41) is 8.99. The lowest BCUT2D eigenvalue weighted by Crippen LogP contribution is -2.33. The second-order valence-corrected chi connectivity index (χ2v) is 5.25. The molecule has 0 bridgehead atoms. The van der Waals surface area contributed by atoms with Crippen molar-refractivity contribution in [3.8, 4) is 0 Å². The number of nitrogens with zero attached hydrogens (tertiary/aromatic N) is 2. The summed E-state index contributed by atoms with van der Waals surface area (Å²) in [6.45, 7) is 6.43. The van der Waals surface area contributed by atoms with Gasteiger partial charge in [-0.2, -0.15) is 0 Å². The fraction of sp³-hybridized carbons (Fsp3) is 0.923. The molecule has 1 fully saturated rings. The van der Waals surface area contributed by atoms with Crippen molar-refractivity contribution in [1.29, 1.82) is 0 Å². The molecule has 0 aliphatic carbocycles. The van der Waals surface area contributed by atoms with Crippen LogP contribution in [0.15, 0.2) is 0 Å². The quantitative estimate of drug-likeness (QED) is 0.696. The molecule has 0 aromatic rings. The number of aliphatic carboxylic acids is 1. The van der Waals surface area contributed by atoms with Crippen LogP contribution < -0.4 is 0 Å². The first-order chi connectivity index (χ1) is 8.52. The van der Waals surface area contributed by atoms with Gasteiger partial charge in [0, 0.05) is 26.2 Å². The standard InChI is InChI=1S/C13H26N2O3/c1-4-18-12(13(16)17)6-8-15(3)10-11-5-7-14(2)9-11/h11-12H,4-10H2,1-3H3,(H,16,17). The van der Waals surface area contributed by atoms with E-state index in [1.165, 1.54) is 13.0 Å². The third-order valence-corrected chi connectivity index (χ3v) is 3.48. The third kappa shape index (κ3) is 5.33. The van der Waals surface area contributed by atoms with E-state index < -0.39 is 12.1 Å². The Bertz CT molecular complexity index is 261. The van der Waals surface area contributed by atoms with Crippen LogP contribution in [0.1, 0.15) is 19.8 Å². The van der Waals surface area contributed by atoms with E-state index in [2.05, 4.69) is 23.9 Å². The molecule has 0 aromatic heterocycles. The Morgan fingerprint density at radius 2 is 2.33 bits per heavy atom. The summed E-state index contributed by atoms with van der Waals surface area (Å²) in [4.78, 5) is 15.5. The predicted octanol–water partition coefficient (Wildman–Crippen LogP) is 0.750. The van der Waals surface area contributed by atoms with Gasteiger partial charge in [0.25, 0.3) is 0 Å². The highest BCUT2D eigenvalue weighted by atomic mass is 16.5. The molecule has 1 aliphatic heterocycles. The lowest BCUT2D eigenvalue weighted by atomic mass is 10.1. The Hall–Kier alpha value is -0.650. The Morgan fingerprint density at radius 3 is 2.83 bits per heavy atom. The minimum Gasteiger partial charge on any atom is -0.479 e. The van der Waals surface area contributed by atoms with Gasteiger partial charge in [-0.1, -0.05) is 0 Å². The largest absolute Gasteiger partial charge is 0.479 e. The number of hydrogen-bond acceptors (Lipinski definition) is 4. The van der Waals surface area contributed by atoms with Crippen LogP contribution in [-0.2, 0) is 9.53 Å². The molecule has 2 atom stereocenters. The van der Waals surface area contributed by atoms with Crippen LogP contribution in [0.5, 0.6) is 0 Å². The van der Waals surface area contributed by atoms with Gasteiger partial charge in [-0.25, -0.2) is 4.79 Å². The minimum atomic E-state index is -0.856. The van der Waals surface area contributed by atoms with Crippen LogP contribution in [0, 0.1) is 5.92 Å². The molecule has 5 nitrogen and oxygen atoms in total. The molecule has 0 amide bonds. The molecule has 0 spiro atoms. The van der Waals surface area contributed by atoms with E-state index in [-0.39, 0.29) is 0 Å². The molecular weight excluding hydrogens is 232 g/mol. The monoisotopic (exact) mass is 258 g/mol. The summed E-state index contributed by atoms with van der Waals surface area (Å²) in [7, 11) is 4.21. The number of rotatable bonds is 8. The molecule has 1 rings (SSSR count). The van der Waals surface area contributed by atoms with Gasteiger partial charge in [0.05, 0.1) is 0 Å². The van der Waals surface area contributed by atoms with E-state index >= 15 is 0 Å². The van der Waals surface area contributed by atoms with Crippen LogP contribution in [0.2, 0.25) is 0 Å². The molecule has 1 saturated heterocycles. The smallest absolute Gasteiger partial charge is 0.332 e. The topological polar surface area (TPSA) is 53.0 Å². The number of hydrogen-bond donors (Lipinski definition) is 1. The number of ether oxygens (including phenoxy) is 1. The Labute approximate surface area is 110 Å². The zero-order valence-corrected chi connectivity index (χ0v) is 11.8. The number of carbonyl (C=O) groups is 1. The van der Waals surface area contributed by atoms with E-state index in [1.54, 1.807) is 0 Å². The highest BCUT2D eigenvalue weighted by Gasteiger charge is 2.22. The van der Waals surface area contributed by atoms with Crippen LogP contribution in [0.25, 0.3) is 0 Å². The summed E-state index contributed by atoms with van der Waals surface area (Å²) >= 11 is 0. The fourth-order valence-electron chi connectivity index (χ4n) is 2.52. The first-order valence-electron chi connectivity index (χ1n) is 6.74. The SMILES string of the molecule is CCOC(CCN(C)CC1CCN(C)C1)C(=O)O. The molecule has 0 radical (unpaired) electrons. The lowest BCUT2D eigenvalue weighted by Gasteiger charge is -2.22. The summed E-state index contributed by atoms with van der Waals surface area (Å²) in [5.41, 5.74) is 0. The van der Waals surface area contributed by atoms with E-state index in [1.807, 2.05) is 6.92 Å². The average molecular weight is 258 g/mol. The van der Waals surface area contributed by atoms with Crippen LogP contribution in [-0.4, -0.2) is 73.9 Å². The summed E-state index contributed by atoms with van der Waals surface area (Å²) in [6, 6.07) is 0. The highest BCUT2D eigenvalue weighted by Crippen LogP contribution is 2.15. The summed E-state index contributed by atoms with van der Waals surface area (Å²) < 4.78 is 5.21. The van der Waals surface area contributed by atoms with Crippen molar-refractivity contribution < 1.29 is 14.6 Å². The van der Waals surface area contributed by atoms with Crippen LogP contribution >= 0.6 is 0 Å². The zero-order chi connectivity index (χ0) is 13.5. The maximum absolute atomic E-state index is 10.9. The van der Waals surface area contributed by atoms with Crippen molar-refractivity contribution in [2.75, 3.05) is 46.9 Å². The average Bonchev–Trinajstić information content (AvgIpc) is 2.69. The van der Waals surface area contributed by atoms with Gasteiger partial charge in [0.1, 0.15) is 0 Å². The molecule has 1 N–H and O–H groups in total. The third-order valence-electron chi connectivity index (χ3n) is 3.48. The van der Waals surface area contributed by atoms with E-state index in [4.69, 9.17) is 9.84 Å². The normalized spacial score (nSPS) is 22.6. The fourth-order valence-corrected chi connectivity index (χ4v) is 2.52. The molecular formula is C13H26N2O3. The first kappa shape index (κ1) is 15.4. The van der Waals surface area contributed by atoms with Gasteiger partial charge in [-0.3, -0.25) is 0 Å². The molecule has 2 unspecified atom stereocenters. The minimum absolute atomic E-state index is 0.452. The maximum atomic E-state index is 10.9. The Balaban J connectivity index is 2.22. The van der Waals surface area contributed by atoms with Crippen LogP contribution in [0.4, 0.5) is 0 Å². The number of carboxylic acids is 1. The van der Waals surface area contributed by atoms with Crippen molar-refractivity contribution in [3.63, 3.8) is 0 Å². The van der Waals surface area contributed by atoms with E-state index in [9.17, 15) is 4.79 Å². The van der Waals surface area contributed by atoms with Gasteiger partial charge < -0.3 is 19.6 Å². The van der Waals surface area contributed by atoms with Gasteiger partial charge >= 0.3 is 5.97 Å². The van der Waals surface area contributed by atoms with Gasteiger partial charge in [-0.05, 0) is 46.3 Å². The van der Waals surface area contributed by atoms with E-state index in [0.717, 1.165) is 25.6 Å². The van der Waals surface area contributed by atoms with Crippen molar-refractivity contribution >= 4 is 5.97 Å². The van der Waals surface area contributed by atoms with E-state index in [0.29, 0.717) is 13.0 Å². The van der Waals surface area contributed by atoms with Crippen molar-refractivity contribution in [1.82, 2.24) is 9.80 Å². The van der Waals surface area contributed by atoms with Crippen molar-refractivity contribution in [3.05, 3.63) is 0 Å². The second kappa shape index (κ2) is 7.71. The number of carboxylic acid groups (broad SMARTS) is 1. The van der Waals surface area contributed by atoms with Crippen molar-refractivity contribution in [2.45, 2.75) is 25.9 Å². The molecule has 5 heteroatoms. The van der Waals surface area contributed by atoms with Crippen LogP contribution in [0.3, 0.4) is 0 Å². The highest BCUT2D eigenvalue weighted by molar-refractivity contribution is 5.72. The molecule has 106 valence electrons. The molecule has 18 heavy (non-hydrogen) atoms. The number of likely N-dealkylation sites (tertiary alicyclic amines) is 1. The lowest BCUT2D eigenvalue weighted by molar-refractivity contribution is -0.150. The van der Waals surface area contributed by atoms with Crippen molar-refractivity contribution in [2.24, 2.45) is 5.92 Å². The zero-order valence-electron chi connectivity index (χ0n) is 11.8. The first-order valence-corrected chi connectivity index (χ1v) is 6.74. The Morgan fingerprint density at radius 1 is 1.61 bits per heavy atom. The molecule has 0 aromatic carbocycles. The Kier molecular flexibility index (Phi) is 6.60. The second-order valence-electron chi connectivity index (χ2n) is 5.25. The van der Waals surface area contributed by atoms with Gasteiger partial charge in [0.15, 0.2) is 6.10 Å². The predicted molar refractivity (Wildman–Crippen MR) is 70.8 cm³/mol. The summed E-state index contributed by atoms with van der Waals surface area (Å²) in [6.07, 6.45) is 1.14. The molecule has 1 heterocycles. The molecule has 1 aliphatic rings.